The molecule has 2 aliphatic rings. The minimum absolute atomic E-state index is 0.412. The molecule has 3 atom stereocenters. The molecule has 1 heterocycles. The van der Waals surface area contributed by atoms with Gasteiger partial charge in [-0.1, -0.05) is 13.3 Å². The van der Waals surface area contributed by atoms with Crippen molar-refractivity contribution in [2.75, 3.05) is 13.1 Å². The van der Waals surface area contributed by atoms with Crippen LogP contribution in [0.25, 0.3) is 0 Å². The van der Waals surface area contributed by atoms with Crippen LogP contribution in [0.2, 0.25) is 0 Å². The predicted molar refractivity (Wildman–Crippen MR) is 69.4 cm³/mol. The molecule has 16 heavy (non-hydrogen) atoms. The Balaban J connectivity index is 2.10. The van der Waals surface area contributed by atoms with E-state index >= 15 is 0 Å². The normalized spacial score (nSPS) is 40.1. The minimum Gasteiger partial charge on any atom is -0.330 e. The zero-order chi connectivity index (χ0) is 11.8. The minimum atomic E-state index is 0.412. The Morgan fingerprint density at radius 1 is 1.31 bits per heavy atom. The van der Waals surface area contributed by atoms with E-state index in [2.05, 4.69) is 25.7 Å². The molecule has 2 heteroatoms. The molecule has 2 fully saturated rings. The van der Waals surface area contributed by atoms with Gasteiger partial charge in [-0.05, 0) is 64.5 Å². The SMILES string of the molecule is CC1CCC(CN)C(N2CCCC2(C)C)C1. The molecule has 0 aromatic heterocycles. The molecule has 2 N–H and O–H groups in total. The van der Waals surface area contributed by atoms with Crippen LogP contribution >= 0.6 is 0 Å². The summed E-state index contributed by atoms with van der Waals surface area (Å²) < 4.78 is 0. The van der Waals surface area contributed by atoms with E-state index in [1.807, 2.05) is 0 Å². The summed E-state index contributed by atoms with van der Waals surface area (Å²) in [5, 5.41) is 0. The highest BCUT2D eigenvalue weighted by Gasteiger charge is 2.41. The summed E-state index contributed by atoms with van der Waals surface area (Å²) in [7, 11) is 0. The topological polar surface area (TPSA) is 29.3 Å². The zero-order valence-electron chi connectivity index (χ0n) is 11.2. The summed E-state index contributed by atoms with van der Waals surface area (Å²) in [5.41, 5.74) is 6.38. The Morgan fingerprint density at radius 3 is 2.62 bits per heavy atom. The molecule has 3 unspecified atom stereocenters. The molecule has 0 aromatic carbocycles. The third-order valence-corrected chi connectivity index (χ3v) is 4.89. The van der Waals surface area contributed by atoms with Gasteiger partial charge in [0.1, 0.15) is 0 Å². The number of nitrogens with zero attached hydrogens (tertiary/aromatic N) is 1. The van der Waals surface area contributed by atoms with Gasteiger partial charge in [0.05, 0.1) is 0 Å². The lowest BCUT2D eigenvalue weighted by atomic mass is 9.77. The fraction of sp³-hybridized carbons (Fsp3) is 1.00. The Bertz CT molecular complexity index is 237. The van der Waals surface area contributed by atoms with Crippen LogP contribution in [0.4, 0.5) is 0 Å². The highest BCUT2D eigenvalue weighted by Crippen LogP contribution is 2.39. The summed E-state index contributed by atoms with van der Waals surface area (Å²) in [4.78, 5) is 2.76. The summed E-state index contributed by atoms with van der Waals surface area (Å²) in [5.74, 6) is 1.64. The highest BCUT2D eigenvalue weighted by molar-refractivity contribution is 4.96. The molecule has 0 amide bonds. The predicted octanol–water partition coefficient (Wildman–Crippen LogP) is 2.62. The third kappa shape index (κ3) is 2.28. The van der Waals surface area contributed by atoms with Gasteiger partial charge in [-0.3, -0.25) is 4.90 Å². The van der Waals surface area contributed by atoms with Crippen molar-refractivity contribution in [1.29, 1.82) is 0 Å². The van der Waals surface area contributed by atoms with Crippen molar-refractivity contribution in [1.82, 2.24) is 4.90 Å². The van der Waals surface area contributed by atoms with Gasteiger partial charge in [0.15, 0.2) is 0 Å². The maximum Gasteiger partial charge on any atom is 0.0156 e. The van der Waals surface area contributed by atoms with Crippen LogP contribution in [0, 0.1) is 11.8 Å². The van der Waals surface area contributed by atoms with Crippen LogP contribution in [0.3, 0.4) is 0 Å². The lowest BCUT2D eigenvalue weighted by Crippen LogP contribution is -2.52. The van der Waals surface area contributed by atoms with Crippen LogP contribution in [0.1, 0.15) is 52.9 Å². The van der Waals surface area contributed by atoms with Crippen molar-refractivity contribution in [3.8, 4) is 0 Å². The lowest BCUT2D eigenvalue weighted by Gasteiger charge is -2.46. The summed E-state index contributed by atoms with van der Waals surface area (Å²) in [6.07, 6.45) is 6.82. The number of rotatable bonds is 2. The van der Waals surface area contributed by atoms with Crippen LogP contribution in [-0.2, 0) is 0 Å². The van der Waals surface area contributed by atoms with E-state index in [1.165, 1.54) is 38.6 Å². The molecule has 2 rings (SSSR count). The molecule has 0 radical (unpaired) electrons. The number of hydrogen-bond donors (Lipinski definition) is 1. The molecular weight excluding hydrogens is 196 g/mol. The molecule has 0 bridgehead atoms. The first-order valence-corrected chi connectivity index (χ1v) is 7.01. The van der Waals surface area contributed by atoms with Crippen molar-refractivity contribution in [2.24, 2.45) is 17.6 Å². The van der Waals surface area contributed by atoms with E-state index in [0.717, 1.165) is 24.4 Å². The highest BCUT2D eigenvalue weighted by atomic mass is 15.2. The van der Waals surface area contributed by atoms with E-state index in [9.17, 15) is 0 Å². The zero-order valence-corrected chi connectivity index (χ0v) is 11.2. The van der Waals surface area contributed by atoms with Gasteiger partial charge in [0.2, 0.25) is 0 Å². The Hall–Kier alpha value is -0.0800. The maximum atomic E-state index is 5.97. The first-order valence-electron chi connectivity index (χ1n) is 7.01. The molecule has 2 nitrogen and oxygen atoms in total. The molecule has 1 aliphatic carbocycles. The largest absolute Gasteiger partial charge is 0.330 e. The van der Waals surface area contributed by atoms with Crippen molar-refractivity contribution < 1.29 is 0 Å². The van der Waals surface area contributed by atoms with E-state index in [4.69, 9.17) is 5.73 Å². The van der Waals surface area contributed by atoms with Gasteiger partial charge in [0.25, 0.3) is 0 Å². The lowest BCUT2D eigenvalue weighted by molar-refractivity contribution is 0.0395. The molecular formula is C14H28N2. The monoisotopic (exact) mass is 224 g/mol. The Labute approximate surface area is 101 Å². The first kappa shape index (κ1) is 12.4. The molecule has 1 aliphatic heterocycles. The number of nitrogens with two attached hydrogens (primary N) is 1. The van der Waals surface area contributed by atoms with Crippen molar-refractivity contribution in [3.05, 3.63) is 0 Å². The molecule has 1 saturated heterocycles. The van der Waals surface area contributed by atoms with Crippen molar-refractivity contribution >= 4 is 0 Å². The molecule has 0 aromatic rings. The van der Waals surface area contributed by atoms with Crippen molar-refractivity contribution in [2.45, 2.75) is 64.5 Å². The fourth-order valence-corrected chi connectivity index (χ4v) is 3.81. The summed E-state index contributed by atoms with van der Waals surface area (Å²) in [6, 6.07) is 0.756. The first-order chi connectivity index (χ1) is 7.54. The molecule has 1 saturated carbocycles. The molecule has 94 valence electrons. The van der Waals surface area contributed by atoms with Gasteiger partial charge in [0, 0.05) is 11.6 Å². The van der Waals surface area contributed by atoms with E-state index in [0.29, 0.717) is 5.54 Å². The molecule has 0 spiro atoms. The summed E-state index contributed by atoms with van der Waals surface area (Å²) >= 11 is 0. The van der Waals surface area contributed by atoms with Crippen molar-refractivity contribution in [3.63, 3.8) is 0 Å². The van der Waals surface area contributed by atoms with Gasteiger partial charge in [-0.15, -0.1) is 0 Å². The van der Waals surface area contributed by atoms with E-state index in [-0.39, 0.29) is 0 Å². The number of hydrogen-bond acceptors (Lipinski definition) is 2. The van der Waals surface area contributed by atoms with Crippen LogP contribution < -0.4 is 5.73 Å². The van der Waals surface area contributed by atoms with Gasteiger partial charge in [-0.2, -0.15) is 0 Å². The second kappa shape index (κ2) is 4.66. The second-order valence-corrected chi connectivity index (χ2v) is 6.59. The average Bonchev–Trinajstić information content (AvgIpc) is 2.58. The van der Waals surface area contributed by atoms with Gasteiger partial charge >= 0.3 is 0 Å². The van der Waals surface area contributed by atoms with E-state index < -0.39 is 0 Å². The standard InChI is InChI=1S/C14H28N2/c1-11-5-6-12(10-15)13(9-11)16-8-4-7-14(16,2)3/h11-13H,4-10,15H2,1-3H3. The van der Waals surface area contributed by atoms with Crippen LogP contribution in [0.15, 0.2) is 0 Å². The average molecular weight is 224 g/mol. The van der Waals surface area contributed by atoms with Gasteiger partial charge in [-0.25, -0.2) is 0 Å². The maximum absolute atomic E-state index is 5.97. The third-order valence-electron chi connectivity index (χ3n) is 4.89. The summed E-state index contributed by atoms with van der Waals surface area (Å²) in [6.45, 7) is 9.40. The fourth-order valence-electron chi connectivity index (χ4n) is 3.81. The van der Waals surface area contributed by atoms with E-state index in [1.54, 1.807) is 0 Å². The quantitative estimate of drug-likeness (QED) is 0.781. The Morgan fingerprint density at radius 2 is 2.06 bits per heavy atom. The second-order valence-electron chi connectivity index (χ2n) is 6.59. The van der Waals surface area contributed by atoms with Gasteiger partial charge < -0.3 is 5.73 Å². The number of likely N-dealkylation sites (tertiary alicyclic amines) is 1. The van der Waals surface area contributed by atoms with Crippen LogP contribution in [-0.4, -0.2) is 29.6 Å². The van der Waals surface area contributed by atoms with Crippen LogP contribution in [0.5, 0.6) is 0 Å². The smallest absolute Gasteiger partial charge is 0.0156 e. The Kier molecular flexibility index (Phi) is 3.60.